The van der Waals surface area contributed by atoms with Crippen molar-refractivity contribution in [3.05, 3.63) is 29.8 Å². The van der Waals surface area contributed by atoms with Gasteiger partial charge in [-0.2, -0.15) is 0 Å². The lowest BCUT2D eigenvalue weighted by Crippen LogP contribution is -2.37. The van der Waals surface area contributed by atoms with E-state index in [4.69, 9.17) is 9.47 Å². The van der Waals surface area contributed by atoms with Crippen LogP contribution in [0.15, 0.2) is 24.3 Å². The molecule has 1 aromatic carbocycles. The van der Waals surface area contributed by atoms with Gasteiger partial charge in [-0.05, 0) is 26.0 Å². The van der Waals surface area contributed by atoms with Gasteiger partial charge in [0.25, 0.3) is 5.91 Å². The Bertz CT molecular complexity index is 414. The number of ether oxygens (including phenoxy) is 2. The van der Waals surface area contributed by atoms with E-state index in [0.29, 0.717) is 45.1 Å². The van der Waals surface area contributed by atoms with Gasteiger partial charge in [0.05, 0.1) is 18.8 Å². The third-order valence-electron chi connectivity index (χ3n) is 3.13. The highest BCUT2D eigenvalue weighted by atomic mass is 16.5. The van der Waals surface area contributed by atoms with Crippen LogP contribution in [0.4, 0.5) is 5.69 Å². The van der Waals surface area contributed by atoms with E-state index < -0.39 is 0 Å². The summed E-state index contributed by atoms with van der Waals surface area (Å²) in [4.78, 5) is 14.5. The maximum atomic E-state index is 12.7. The number of benzene rings is 1. The lowest BCUT2D eigenvalue weighted by Gasteiger charge is -2.23. The van der Waals surface area contributed by atoms with Crippen molar-refractivity contribution >= 4 is 11.6 Å². The number of rotatable bonds is 10. The summed E-state index contributed by atoms with van der Waals surface area (Å²) in [6.07, 6.45) is 0. The van der Waals surface area contributed by atoms with Crippen LogP contribution in [-0.4, -0.2) is 57.4 Å². The highest BCUT2D eigenvalue weighted by molar-refractivity contribution is 5.99. The van der Waals surface area contributed by atoms with Crippen molar-refractivity contribution in [1.29, 1.82) is 0 Å². The molecule has 0 aliphatic carbocycles. The number of hydrogen-bond donors (Lipinski definition) is 1. The Morgan fingerprint density at radius 1 is 1.10 bits per heavy atom. The predicted octanol–water partition coefficient (Wildman–Crippen LogP) is 2.24. The van der Waals surface area contributed by atoms with Gasteiger partial charge in [-0.3, -0.25) is 4.79 Å². The highest BCUT2D eigenvalue weighted by Crippen LogP contribution is 2.16. The molecule has 5 heteroatoms. The molecule has 0 aliphatic rings. The first kappa shape index (κ1) is 17.5. The van der Waals surface area contributed by atoms with Gasteiger partial charge in [0.1, 0.15) is 0 Å². The van der Waals surface area contributed by atoms with E-state index in [1.807, 2.05) is 45.2 Å². The normalized spacial score (nSPS) is 10.4. The van der Waals surface area contributed by atoms with Crippen molar-refractivity contribution < 1.29 is 14.3 Å². The first-order chi connectivity index (χ1) is 10.2. The van der Waals surface area contributed by atoms with Gasteiger partial charge >= 0.3 is 0 Å². The van der Waals surface area contributed by atoms with Crippen molar-refractivity contribution in [2.75, 3.05) is 51.9 Å². The molecule has 5 nitrogen and oxygen atoms in total. The van der Waals surface area contributed by atoms with Crippen molar-refractivity contribution in [3.63, 3.8) is 0 Å². The fourth-order valence-electron chi connectivity index (χ4n) is 2.01. The van der Waals surface area contributed by atoms with Crippen LogP contribution in [0.2, 0.25) is 0 Å². The molecule has 0 atom stereocenters. The van der Waals surface area contributed by atoms with Gasteiger partial charge in [0.2, 0.25) is 0 Å². The fraction of sp³-hybridized carbons (Fsp3) is 0.562. The first-order valence-corrected chi connectivity index (χ1v) is 7.46. The molecule has 21 heavy (non-hydrogen) atoms. The smallest absolute Gasteiger partial charge is 0.256 e. The van der Waals surface area contributed by atoms with E-state index in [1.54, 1.807) is 4.90 Å². The van der Waals surface area contributed by atoms with E-state index in [1.165, 1.54) is 0 Å². The molecule has 0 saturated carbocycles. The van der Waals surface area contributed by atoms with E-state index >= 15 is 0 Å². The standard InChI is InChI=1S/C16H26N2O3/c1-4-20-12-10-18(11-13-21-5-2)16(19)14-8-6-7-9-15(14)17-3/h6-9,17H,4-5,10-13H2,1-3H3. The molecule has 0 saturated heterocycles. The third kappa shape index (κ3) is 5.73. The number of para-hydroxylation sites is 1. The van der Waals surface area contributed by atoms with E-state index in [9.17, 15) is 4.79 Å². The summed E-state index contributed by atoms with van der Waals surface area (Å²) in [6, 6.07) is 7.52. The molecule has 0 aromatic heterocycles. The lowest BCUT2D eigenvalue weighted by atomic mass is 10.1. The Kier molecular flexibility index (Phi) is 8.47. The summed E-state index contributed by atoms with van der Waals surface area (Å²) in [6.45, 7) is 7.41. The molecular weight excluding hydrogens is 268 g/mol. The van der Waals surface area contributed by atoms with Gasteiger partial charge in [-0.1, -0.05) is 12.1 Å². The van der Waals surface area contributed by atoms with E-state index in [-0.39, 0.29) is 5.91 Å². The predicted molar refractivity (Wildman–Crippen MR) is 84.9 cm³/mol. The monoisotopic (exact) mass is 294 g/mol. The van der Waals surface area contributed by atoms with Crippen LogP contribution in [0.5, 0.6) is 0 Å². The van der Waals surface area contributed by atoms with Crippen molar-refractivity contribution in [3.8, 4) is 0 Å². The van der Waals surface area contributed by atoms with E-state index in [2.05, 4.69) is 5.32 Å². The summed E-state index contributed by atoms with van der Waals surface area (Å²) in [5, 5.41) is 3.06. The number of nitrogens with zero attached hydrogens (tertiary/aromatic N) is 1. The number of nitrogens with one attached hydrogen (secondary N) is 1. The Morgan fingerprint density at radius 3 is 2.19 bits per heavy atom. The molecule has 0 bridgehead atoms. The molecule has 0 heterocycles. The zero-order chi connectivity index (χ0) is 15.5. The summed E-state index contributed by atoms with van der Waals surface area (Å²) < 4.78 is 10.7. The van der Waals surface area contributed by atoms with Crippen LogP contribution in [0.25, 0.3) is 0 Å². The second-order valence-corrected chi connectivity index (χ2v) is 4.48. The molecule has 1 rings (SSSR count). The molecular formula is C16H26N2O3. The molecule has 0 spiro atoms. The molecule has 0 aliphatic heterocycles. The fourth-order valence-corrected chi connectivity index (χ4v) is 2.01. The van der Waals surface area contributed by atoms with Crippen LogP contribution in [0.1, 0.15) is 24.2 Å². The topological polar surface area (TPSA) is 50.8 Å². The van der Waals surface area contributed by atoms with Gasteiger partial charge in [-0.25, -0.2) is 0 Å². The average Bonchev–Trinajstić information content (AvgIpc) is 2.53. The van der Waals surface area contributed by atoms with Crippen molar-refractivity contribution in [1.82, 2.24) is 4.90 Å². The Labute approximate surface area is 127 Å². The third-order valence-corrected chi connectivity index (χ3v) is 3.13. The van der Waals surface area contributed by atoms with Gasteiger partial charge in [-0.15, -0.1) is 0 Å². The maximum Gasteiger partial charge on any atom is 0.256 e. The molecule has 1 N–H and O–H groups in total. The number of carbonyl (C=O) groups excluding carboxylic acids is 1. The summed E-state index contributed by atoms with van der Waals surface area (Å²) in [5.41, 5.74) is 1.51. The second kappa shape index (κ2) is 10.2. The van der Waals surface area contributed by atoms with Crippen LogP contribution < -0.4 is 5.32 Å². The summed E-state index contributed by atoms with van der Waals surface area (Å²) >= 11 is 0. The minimum absolute atomic E-state index is 0.000596. The van der Waals surface area contributed by atoms with Crippen LogP contribution in [-0.2, 0) is 9.47 Å². The number of hydrogen-bond acceptors (Lipinski definition) is 4. The summed E-state index contributed by atoms with van der Waals surface area (Å²) in [7, 11) is 1.82. The van der Waals surface area contributed by atoms with E-state index in [0.717, 1.165) is 5.69 Å². The average molecular weight is 294 g/mol. The van der Waals surface area contributed by atoms with Gasteiger partial charge in [0, 0.05) is 39.0 Å². The van der Waals surface area contributed by atoms with Gasteiger partial charge in [0.15, 0.2) is 0 Å². The Balaban J connectivity index is 2.76. The SMILES string of the molecule is CCOCCN(CCOCC)C(=O)c1ccccc1NC. The lowest BCUT2D eigenvalue weighted by molar-refractivity contribution is 0.0551. The maximum absolute atomic E-state index is 12.7. The van der Waals surface area contributed by atoms with Crippen molar-refractivity contribution in [2.24, 2.45) is 0 Å². The number of anilines is 1. The summed E-state index contributed by atoms with van der Waals surface area (Å²) in [5.74, 6) is -0.000596. The van der Waals surface area contributed by atoms with Crippen molar-refractivity contribution in [2.45, 2.75) is 13.8 Å². The highest BCUT2D eigenvalue weighted by Gasteiger charge is 2.18. The number of amides is 1. The molecule has 1 aromatic rings. The zero-order valence-corrected chi connectivity index (χ0v) is 13.2. The second-order valence-electron chi connectivity index (χ2n) is 4.48. The first-order valence-electron chi connectivity index (χ1n) is 7.46. The molecule has 0 unspecified atom stereocenters. The molecule has 118 valence electrons. The molecule has 1 amide bonds. The minimum atomic E-state index is -0.000596. The molecule has 0 radical (unpaired) electrons. The van der Waals surface area contributed by atoms with Crippen LogP contribution in [0.3, 0.4) is 0 Å². The minimum Gasteiger partial charge on any atom is -0.387 e. The van der Waals surface area contributed by atoms with Crippen LogP contribution >= 0.6 is 0 Å². The quantitative estimate of drug-likeness (QED) is 0.672. The van der Waals surface area contributed by atoms with Gasteiger partial charge < -0.3 is 19.7 Å². The Hall–Kier alpha value is -1.59. The van der Waals surface area contributed by atoms with Crippen LogP contribution in [0, 0.1) is 0 Å². The number of carbonyl (C=O) groups is 1. The zero-order valence-electron chi connectivity index (χ0n) is 13.2. The molecule has 0 fully saturated rings. The largest absolute Gasteiger partial charge is 0.387 e. The Morgan fingerprint density at radius 2 is 1.67 bits per heavy atom.